The highest BCUT2D eigenvalue weighted by atomic mass is 19.4. The number of esters is 1. The third-order valence-corrected chi connectivity index (χ3v) is 6.27. The lowest BCUT2D eigenvalue weighted by Gasteiger charge is -2.33. The van der Waals surface area contributed by atoms with Gasteiger partial charge >= 0.3 is 12.1 Å². The fourth-order valence-electron chi connectivity index (χ4n) is 4.58. The molecular weight excluding hydrogens is 407 g/mol. The summed E-state index contributed by atoms with van der Waals surface area (Å²) in [7, 11) is 0. The fraction of sp³-hybridized carbons (Fsp3) is 0.542. The van der Waals surface area contributed by atoms with E-state index in [-0.39, 0.29) is 30.4 Å². The molecular formula is C24H28F3NO3. The van der Waals surface area contributed by atoms with Crippen LogP contribution in [0, 0.1) is 23.7 Å². The molecule has 0 aromatic carbocycles. The van der Waals surface area contributed by atoms with Crippen LogP contribution < -0.4 is 0 Å². The van der Waals surface area contributed by atoms with Gasteiger partial charge in [0.15, 0.2) is 5.78 Å². The first-order valence-electron chi connectivity index (χ1n) is 10.9. The Morgan fingerprint density at radius 2 is 1.94 bits per heavy atom. The predicted octanol–water partition coefficient (Wildman–Crippen LogP) is 5.33. The first-order chi connectivity index (χ1) is 14.8. The van der Waals surface area contributed by atoms with Crippen LogP contribution in [0.1, 0.15) is 50.3 Å². The van der Waals surface area contributed by atoms with Gasteiger partial charge in [0.25, 0.3) is 0 Å². The molecule has 0 N–H and O–H groups in total. The van der Waals surface area contributed by atoms with Crippen molar-refractivity contribution in [1.29, 1.82) is 0 Å². The van der Waals surface area contributed by atoms with Crippen molar-refractivity contribution in [2.45, 2.75) is 51.6 Å². The zero-order valence-electron chi connectivity index (χ0n) is 17.6. The molecule has 4 nitrogen and oxygen atoms in total. The molecule has 2 aliphatic carbocycles. The Morgan fingerprint density at radius 3 is 2.55 bits per heavy atom. The summed E-state index contributed by atoms with van der Waals surface area (Å²) in [6.07, 6.45) is 9.00. The Kier molecular flexibility index (Phi) is 7.68. The number of aromatic nitrogens is 1. The van der Waals surface area contributed by atoms with Crippen molar-refractivity contribution in [3.05, 3.63) is 53.9 Å². The summed E-state index contributed by atoms with van der Waals surface area (Å²) in [5.74, 6) is -1.34. The maximum atomic E-state index is 13.2. The lowest BCUT2D eigenvalue weighted by molar-refractivity contribution is -0.153. The van der Waals surface area contributed by atoms with Crippen LogP contribution in [0.5, 0.6) is 0 Å². The van der Waals surface area contributed by atoms with Crippen molar-refractivity contribution in [2.24, 2.45) is 23.7 Å². The molecule has 2 aliphatic rings. The SMILES string of the molecule is CCOC(=O)C(Cc1cc(C(F)(F)F)ccn1)C(=O)[C@H]1CC[C@H](C2C=CC=CC2)CC1. The molecule has 0 amide bonds. The van der Waals surface area contributed by atoms with E-state index in [4.69, 9.17) is 4.74 Å². The highest BCUT2D eigenvalue weighted by molar-refractivity contribution is 6.00. The summed E-state index contributed by atoms with van der Waals surface area (Å²) in [6, 6.07) is 1.78. The number of alkyl halides is 3. The van der Waals surface area contributed by atoms with Crippen LogP contribution in [-0.2, 0) is 26.9 Å². The van der Waals surface area contributed by atoms with Gasteiger partial charge in [-0.1, -0.05) is 24.3 Å². The van der Waals surface area contributed by atoms with Crippen LogP contribution in [0.2, 0.25) is 0 Å². The van der Waals surface area contributed by atoms with Gasteiger partial charge in [-0.2, -0.15) is 13.2 Å². The predicted molar refractivity (Wildman–Crippen MR) is 110 cm³/mol. The minimum absolute atomic E-state index is 0.0639. The summed E-state index contributed by atoms with van der Waals surface area (Å²) in [5, 5.41) is 0. The number of carbonyl (C=O) groups excluding carboxylic acids is 2. The molecule has 0 spiro atoms. The summed E-state index contributed by atoms with van der Waals surface area (Å²) in [6.45, 7) is 1.74. The Balaban J connectivity index is 1.69. The second kappa shape index (κ2) is 10.2. The van der Waals surface area contributed by atoms with E-state index < -0.39 is 23.6 Å². The van der Waals surface area contributed by atoms with Crippen molar-refractivity contribution in [1.82, 2.24) is 4.98 Å². The molecule has 1 heterocycles. The third-order valence-electron chi connectivity index (χ3n) is 6.27. The second-order valence-electron chi connectivity index (χ2n) is 8.27. The van der Waals surface area contributed by atoms with Crippen molar-refractivity contribution >= 4 is 11.8 Å². The van der Waals surface area contributed by atoms with Gasteiger partial charge in [-0.25, -0.2) is 0 Å². The van der Waals surface area contributed by atoms with Gasteiger partial charge in [-0.05, 0) is 63.0 Å². The van der Waals surface area contributed by atoms with E-state index in [9.17, 15) is 22.8 Å². The van der Waals surface area contributed by atoms with Gasteiger partial charge in [-0.3, -0.25) is 14.6 Å². The average Bonchev–Trinajstić information content (AvgIpc) is 2.77. The van der Waals surface area contributed by atoms with Crippen LogP contribution >= 0.6 is 0 Å². The number of allylic oxidation sites excluding steroid dienone is 4. The van der Waals surface area contributed by atoms with Crippen molar-refractivity contribution in [3.63, 3.8) is 0 Å². The number of nitrogens with zero attached hydrogens (tertiary/aromatic N) is 1. The molecule has 1 saturated carbocycles. The van der Waals surface area contributed by atoms with Crippen molar-refractivity contribution < 1.29 is 27.5 Å². The summed E-state index contributed by atoms with van der Waals surface area (Å²) in [5.41, 5.74) is -0.781. The van der Waals surface area contributed by atoms with Gasteiger partial charge in [0, 0.05) is 24.2 Å². The van der Waals surface area contributed by atoms with E-state index in [0.29, 0.717) is 24.7 Å². The molecule has 1 aromatic heterocycles. The zero-order valence-corrected chi connectivity index (χ0v) is 17.6. The molecule has 1 aromatic rings. The van der Waals surface area contributed by atoms with Gasteiger partial charge in [0.1, 0.15) is 5.92 Å². The molecule has 2 atom stereocenters. The molecule has 0 bridgehead atoms. The van der Waals surface area contributed by atoms with Crippen LogP contribution in [0.15, 0.2) is 42.6 Å². The number of Topliss-reactive ketones (excluding diaryl/α,β-unsaturated/α-hetero) is 1. The quantitative estimate of drug-likeness (QED) is 0.429. The minimum Gasteiger partial charge on any atom is -0.465 e. The molecule has 31 heavy (non-hydrogen) atoms. The molecule has 0 saturated heterocycles. The number of ether oxygens (including phenoxy) is 1. The van der Waals surface area contributed by atoms with E-state index in [1.807, 2.05) is 6.08 Å². The lowest BCUT2D eigenvalue weighted by Crippen LogP contribution is -2.35. The van der Waals surface area contributed by atoms with E-state index in [1.165, 1.54) is 0 Å². The number of ketones is 1. The monoisotopic (exact) mass is 435 g/mol. The van der Waals surface area contributed by atoms with Crippen LogP contribution in [-0.4, -0.2) is 23.3 Å². The van der Waals surface area contributed by atoms with Crippen LogP contribution in [0.25, 0.3) is 0 Å². The summed E-state index contributed by atoms with van der Waals surface area (Å²) in [4.78, 5) is 29.7. The highest BCUT2D eigenvalue weighted by Crippen LogP contribution is 2.38. The van der Waals surface area contributed by atoms with Crippen LogP contribution in [0.4, 0.5) is 13.2 Å². The maximum Gasteiger partial charge on any atom is 0.416 e. The topological polar surface area (TPSA) is 56.3 Å². The molecule has 3 rings (SSSR count). The number of pyridine rings is 1. The molecule has 0 aliphatic heterocycles. The standard InChI is InChI=1S/C24H28F3NO3/c1-2-31-23(30)21(15-20-14-19(12-13-28-20)24(25,26)27)22(29)18-10-8-17(9-11-18)16-6-4-3-5-7-16/h3-6,12-14,16-18,21H,2,7-11,15H2,1H3/t16?,17-,18-,21?. The first kappa shape index (κ1) is 23.2. The number of rotatable bonds is 7. The molecule has 0 radical (unpaired) electrons. The number of hydrogen-bond acceptors (Lipinski definition) is 4. The average molecular weight is 435 g/mol. The third kappa shape index (κ3) is 6.05. The lowest BCUT2D eigenvalue weighted by atomic mass is 9.71. The van der Waals surface area contributed by atoms with Crippen molar-refractivity contribution in [2.75, 3.05) is 6.61 Å². The van der Waals surface area contributed by atoms with Gasteiger partial charge in [0.2, 0.25) is 0 Å². The fourth-order valence-corrected chi connectivity index (χ4v) is 4.58. The second-order valence-corrected chi connectivity index (χ2v) is 8.27. The van der Waals surface area contributed by atoms with Crippen LogP contribution in [0.3, 0.4) is 0 Å². The van der Waals surface area contributed by atoms with Gasteiger partial charge in [-0.15, -0.1) is 0 Å². The maximum absolute atomic E-state index is 13.2. The number of hydrogen-bond donors (Lipinski definition) is 0. The molecule has 7 heteroatoms. The van der Waals surface area contributed by atoms with Crippen molar-refractivity contribution in [3.8, 4) is 0 Å². The summed E-state index contributed by atoms with van der Waals surface area (Å²) >= 11 is 0. The molecule has 2 unspecified atom stereocenters. The molecule has 168 valence electrons. The first-order valence-corrected chi connectivity index (χ1v) is 10.9. The Hall–Kier alpha value is -2.44. The van der Waals surface area contributed by atoms with E-state index in [0.717, 1.165) is 37.6 Å². The van der Waals surface area contributed by atoms with E-state index >= 15 is 0 Å². The Morgan fingerprint density at radius 1 is 1.19 bits per heavy atom. The minimum atomic E-state index is -4.51. The van der Waals surface area contributed by atoms with Gasteiger partial charge < -0.3 is 4.74 Å². The molecule has 1 fully saturated rings. The van der Waals surface area contributed by atoms with Gasteiger partial charge in [0.05, 0.1) is 12.2 Å². The summed E-state index contributed by atoms with van der Waals surface area (Å²) < 4.78 is 44.2. The number of carbonyl (C=O) groups is 2. The normalized spacial score (nSPS) is 24.6. The zero-order chi connectivity index (χ0) is 22.4. The number of halogens is 3. The highest BCUT2D eigenvalue weighted by Gasteiger charge is 2.37. The smallest absolute Gasteiger partial charge is 0.416 e. The largest absolute Gasteiger partial charge is 0.465 e. The van der Waals surface area contributed by atoms with E-state index in [1.54, 1.807) is 6.92 Å². The van der Waals surface area contributed by atoms with E-state index in [2.05, 4.69) is 23.2 Å². The Labute approximate surface area is 180 Å². The Bertz CT molecular complexity index is 839.